The van der Waals surface area contributed by atoms with Gasteiger partial charge in [0.05, 0.1) is 12.2 Å². The number of carboxylic acids is 4. The summed E-state index contributed by atoms with van der Waals surface area (Å²) >= 11 is 0. The Bertz CT molecular complexity index is 1530. The minimum absolute atomic E-state index is 0.0170. The Morgan fingerprint density at radius 2 is 1.20 bits per heavy atom. The van der Waals surface area contributed by atoms with Crippen LogP contribution in [-0.4, -0.2) is 116 Å². The number of carboxylic acid groups (broad SMARTS) is 4. The van der Waals surface area contributed by atoms with Gasteiger partial charge in [-0.1, -0.05) is 12.8 Å². The second kappa shape index (κ2) is 26.7. The zero-order valence-corrected chi connectivity index (χ0v) is 31.5. The lowest BCUT2D eigenvalue weighted by Gasteiger charge is -2.19. The Morgan fingerprint density at radius 1 is 0.661 bits per heavy atom. The van der Waals surface area contributed by atoms with Gasteiger partial charge in [-0.05, 0) is 63.5 Å². The normalized spacial score (nSPS) is 13.6. The second-order valence-corrected chi connectivity index (χ2v) is 14.1. The third kappa shape index (κ3) is 23.0. The van der Waals surface area contributed by atoms with Crippen LogP contribution in [0.15, 0.2) is 18.3 Å². The summed E-state index contributed by atoms with van der Waals surface area (Å²) in [5.41, 5.74) is 0.246. The van der Waals surface area contributed by atoms with E-state index in [4.69, 9.17) is 14.7 Å². The Balaban J connectivity index is 2.26. The fourth-order valence-corrected chi connectivity index (χ4v) is 5.93. The molecule has 56 heavy (non-hydrogen) atoms. The number of amides is 4. The lowest BCUT2D eigenvalue weighted by molar-refractivity contribution is -0.143. The summed E-state index contributed by atoms with van der Waals surface area (Å²) in [7, 11) is -4.73. The van der Waals surface area contributed by atoms with Crippen LogP contribution in [0.2, 0.25) is 0 Å². The first kappa shape index (κ1) is 49.0. The van der Waals surface area contributed by atoms with Gasteiger partial charge in [-0.3, -0.25) is 33.3 Å². The molecule has 23 heteroatoms. The number of halogens is 1. The van der Waals surface area contributed by atoms with Crippen LogP contribution in [0.3, 0.4) is 0 Å². The van der Waals surface area contributed by atoms with Gasteiger partial charge in [0.25, 0.3) is 5.91 Å². The van der Waals surface area contributed by atoms with E-state index in [-0.39, 0.29) is 43.1 Å². The van der Waals surface area contributed by atoms with Crippen LogP contribution in [0.4, 0.5) is 4.39 Å². The molecule has 0 fully saturated rings. The molecule has 0 aliphatic rings. The molecule has 1 aromatic rings. The van der Waals surface area contributed by atoms with Crippen molar-refractivity contribution in [1.82, 2.24) is 31.3 Å². The highest BCUT2D eigenvalue weighted by molar-refractivity contribution is 7.50. The number of hydrogen-bond donors (Lipinski definition) is 10. The third-order valence-electron chi connectivity index (χ3n) is 7.85. The number of aromatic nitrogens is 1. The van der Waals surface area contributed by atoms with Crippen molar-refractivity contribution in [1.29, 1.82) is 0 Å². The summed E-state index contributed by atoms with van der Waals surface area (Å²) in [6.45, 7) is 0.226. The van der Waals surface area contributed by atoms with E-state index in [1.54, 1.807) is 0 Å². The average Bonchev–Trinajstić information content (AvgIpc) is 3.12. The van der Waals surface area contributed by atoms with Crippen molar-refractivity contribution in [3.63, 3.8) is 0 Å². The topological polar surface area (TPSA) is 337 Å². The SMILES string of the molecule is O=C(O)CC[C@H](NP(=O)(O)OCCC[C@H](NC(=O)CC[C@H](NC(=O)CCCCCNC(=O)CCCCCNC(=O)c1ccc(F)nc1)C(=O)O)C(=O)O)C(=O)O. The fraction of sp³-hybridized carbons (Fsp3) is 0.606. The Kier molecular flexibility index (Phi) is 23.3. The molecule has 0 saturated carbocycles. The zero-order chi connectivity index (χ0) is 42.1. The van der Waals surface area contributed by atoms with Gasteiger partial charge < -0.3 is 46.6 Å². The predicted molar refractivity (Wildman–Crippen MR) is 191 cm³/mol. The van der Waals surface area contributed by atoms with Crippen LogP contribution >= 0.6 is 7.75 Å². The van der Waals surface area contributed by atoms with Gasteiger partial charge in [0.15, 0.2) is 0 Å². The number of carbonyl (C=O) groups excluding carboxylic acids is 4. The Morgan fingerprint density at radius 3 is 1.75 bits per heavy atom. The maximum atomic E-state index is 12.8. The molecular weight excluding hydrogens is 770 g/mol. The van der Waals surface area contributed by atoms with Crippen molar-refractivity contribution in [2.24, 2.45) is 0 Å². The molecule has 0 aliphatic heterocycles. The van der Waals surface area contributed by atoms with E-state index in [1.807, 2.05) is 5.09 Å². The molecule has 314 valence electrons. The molecule has 1 unspecified atom stereocenters. The van der Waals surface area contributed by atoms with Crippen molar-refractivity contribution in [3.8, 4) is 0 Å². The maximum Gasteiger partial charge on any atom is 0.403 e. The van der Waals surface area contributed by atoms with Gasteiger partial charge in [0.2, 0.25) is 23.7 Å². The van der Waals surface area contributed by atoms with Crippen LogP contribution in [0.1, 0.15) is 100 Å². The van der Waals surface area contributed by atoms with E-state index < -0.39 is 93.4 Å². The molecule has 10 N–H and O–H groups in total. The van der Waals surface area contributed by atoms with Crippen molar-refractivity contribution in [2.45, 2.75) is 108 Å². The summed E-state index contributed by atoms with van der Waals surface area (Å²) in [6, 6.07) is -2.22. The van der Waals surface area contributed by atoms with E-state index in [2.05, 4.69) is 26.3 Å². The maximum absolute atomic E-state index is 12.8. The lowest BCUT2D eigenvalue weighted by atomic mass is 10.1. The van der Waals surface area contributed by atoms with Gasteiger partial charge in [0, 0.05) is 45.0 Å². The number of pyridine rings is 1. The molecule has 1 aromatic heterocycles. The van der Waals surface area contributed by atoms with E-state index in [0.29, 0.717) is 58.0 Å². The van der Waals surface area contributed by atoms with Crippen LogP contribution < -0.4 is 26.4 Å². The van der Waals surface area contributed by atoms with E-state index in [9.17, 15) is 62.4 Å². The highest BCUT2D eigenvalue weighted by Gasteiger charge is 2.30. The minimum Gasteiger partial charge on any atom is -0.481 e. The summed E-state index contributed by atoms with van der Waals surface area (Å²) < 4.78 is 29.7. The number of aliphatic carboxylic acids is 4. The zero-order valence-electron chi connectivity index (χ0n) is 30.6. The number of nitrogens with zero attached hydrogens (tertiary/aromatic N) is 1. The average molecular weight is 821 g/mol. The summed E-state index contributed by atoms with van der Waals surface area (Å²) in [4.78, 5) is 107. The molecular formula is C33H50FN6O15P. The molecule has 1 heterocycles. The monoisotopic (exact) mass is 820 g/mol. The fourth-order valence-electron chi connectivity index (χ4n) is 4.85. The van der Waals surface area contributed by atoms with Crippen molar-refractivity contribution >= 4 is 55.3 Å². The van der Waals surface area contributed by atoms with E-state index in [1.165, 1.54) is 6.07 Å². The molecule has 0 saturated heterocycles. The standard InChI is InChI=1S/C33H50FN6O15P/c34-25-14-11-21(20-37-25)30(46)36-18-6-1-3-9-26(41)35-17-5-2-4-10-27(42)39-23(32(49)50)12-15-28(43)38-22(31(47)48)8-7-19-55-56(53,54)40-24(33(51)52)13-16-29(44)45/h11,14,20,22-24H,1-10,12-13,15-19H2,(H,35,41)(H,36,46)(H,38,43)(H,39,42)(H,44,45)(H,47,48)(H,49,50)(H,51,52)(H2,40,53,54)/t22-,23-,24-/m0/s1. The highest BCUT2D eigenvalue weighted by atomic mass is 31.2. The van der Waals surface area contributed by atoms with Gasteiger partial charge in [-0.2, -0.15) is 4.39 Å². The lowest BCUT2D eigenvalue weighted by Crippen LogP contribution is -2.44. The molecule has 0 spiro atoms. The minimum atomic E-state index is -4.73. The van der Waals surface area contributed by atoms with Gasteiger partial charge in [-0.25, -0.2) is 24.2 Å². The molecule has 0 aromatic carbocycles. The largest absolute Gasteiger partial charge is 0.481 e. The van der Waals surface area contributed by atoms with Crippen LogP contribution in [0, 0.1) is 5.95 Å². The number of nitrogens with one attached hydrogen (secondary N) is 5. The number of rotatable bonds is 31. The smallest absolute Gasteiger partial charge is 0.403 e. The number of hydrogen-bond acceptors (Lipinski definition) is 11. The summed E-state index contributed by atoms with van der Waals surface area (Å²) in [5.74, 6) is -8.42. The highest BCUT2D eigenvalue weighted by Crippen LogP contribution is 2.38. The first-order valence-corrected chi connectivity index (χ1v) is 19.4. The van der Waals surface area contributed by atoms with Crippen molar-refractivity contribution in [2.75, 3.05) is 19.7 Å². The van der Waals surface area contributed by atoms with Crippen molar-refractivity contribution < 1.29 is 77.2 Å². The first-order chi connectivity index (χ1) is 26.4. The molecule has 0 radical (unpaired) electrons. The Hall–Kier alpha value is -5.05. The first-order valence-electron chi connectivity index (χ1n) is 17.8. The molecule has 21 nitrogen and oxygen atoms in total. The van der Waals surface area contributed by atoms with Crippen LogP contribution in [-0.2, 0) is 42.7 Å². The van der Waals surface area contributed by atoms with Gasteiger partial charge in [0.1, 0.15) is 18.1 Å². The summed E-state index contributed by atoms with van der Waals surface area (Å²) in [5, 5.41) is 48.5. The molecule has 4 amide bonds. The summed E-state index contributed by atoms with van der Waals surface area (Å²) in [6.07, 6.45) is 2.45. The van der Waals surface area contributed by atoms with Crippen LogP contribution in [0.5, 0.6) is 0 Å². The van der Waals surface area contributed by atoms with E-state index >= 15 is 0 Å². The number of unbranched alkanes of at least 4 members (excludes halogenated alkanes) is 4. The second-order valence-electron chi connectivity index (χ2n) is 12.5. The third-order valence-corrected chi connectivity index (χ3v) is 9.02. The molecule has 0 aliphatic carbocycles. The van der Waals surface area contributed by atoms with Crippen molar-refractivity contribution in [3.05, 3.63) is 29.8 Å². The quantitative estimate of drug-likeness (QED) is 0.0283. The van der Waals surface area contributed by atoms with Gasteiger partial charge in [-0.15, -0.1) is 0 Å². The van der Waals surface area contributed by atoms with Gasteiger partial charge >= 0.3 is 31.6 Å². The predicted octanol–water partition coefficient (Wildman–Crippen LogP) is 0.911. The molecule has 0 bridgehead atoms. The van der Waals surface area contributed by atoms with E-state index in [0.717, 1.165) is 12.3 Å². The van der Waals surface area contributed by atoms with Crippen LogP contribution in [0.25, 0.3) is 0 Å². The molecule has 4 atom stereocenters. The molecule has 1 rings (SSSR count). The Labute approximate surface area is 321 Å². The number of carbonyl (C=O) groups is 8.